The van der Waals surface area contributed by atoms with Crippen molar-refractivity contribution in [3.05, 3.63) is 81.8 Å². The fourth-order valence-electron chi connectivity index (χ4n) is 3.75. The summed E-state index contributed by atoms with van der Waals surface area (Å²) in [6.45, 7) is 0.284. The molecule has 0 spiro atoms. The zero-order chi connectivity index (χ0) is 26.5. The van der Waals surface area contributed by atoms with Crippen LogP contribution in [0.1, 0.15) is 28.3 Å². The smallest absolute Gasteiger partial charge is 0.288 e. The number of hydrogen-bond donors (Lipinski definition) is 4. The van der Waals surface area contributed by atoms with Crippen LogP contribution in [0.5, 0.6) is 0 Å². The summed E-state index contributed by atoms with van der Waals surface area (Å²) in [5, 5.41) is 13.8. The number of alkyl halides is 2. The summed E-state index contributed by atoms with van der Waals surface area (Å²) >= 11 is 12.5. The molecule has 0 fully saturated rings. The number of thioether (sulfide) groups is 1. The molecular formula is C25H21Cl2F2N5O2S. The number of hydrogen-bond acceptors (Lipinski definition) is 5. The Morgan fingerprint density at radius 2 is 1.84 bits per heavy atom. The number of carbonyl (C=O) groups excluding carboxylic acids is 2. The molecule has 0 aliphatic heterocycles. The van der Waals surface area contributed by atoms with E-state index in [1.807, 2.05) is 0 Å². The van der Waals surface area contributed by atoms with Crippen LogP contribution in [0.25, 0.3) is 10.9 Å². The predicted octanol–water partition coefficient (Wildman–Crippen LogP) is 6.51. The molecule has 0 radical (unpaired) electrons. The summed E-state index contributed by atoms with van der Waals surface area (Å²) in [6.07, 6.45) is 0.391. The first-order valence-electron chi connectivity index (χ1n) is 11.1. The van der Waals surface area contributed by atoms with Crippen LogP contribution in [-0.2, 0) is 4.79 Å². The summed E-state index contributed by atoms with van der Waals surface area (Å²) in [4.78, 5) is 26.2. The highest BCUT2D eigenvalue weighted by Gasteiger charge is 2.22. The molecule has 0 saturated heterocycles. The Kier molecular flexibility index (Phi) is 8.65. The zero-order valence-electron chi connectivity index (χ0n) is 19.1. The summed E-state index contributed by atoms with van der Waals surface area (Å²) in [6, 6.07) is 16.0. The Balaban J connectivity index is 1.54. The third-order valence-electron chi connectivity index (χ3n) is 5.50. The van der Waals surface area contributed by atoms with E-state index < -0.39 is 17.6 Å². The number of aromatic amines is 1. The topological polar surface area (TPSA) is 113 Å². The Morgan fingerprint density at radius 1 is 1.03 bits per heavy atom. The lowest BCUT2D eigenvalue weighted by Crippen LogP contribution is -2.23. The van der Waals surface area contributed by atoms with Gasteiger partial charge < -0.3 is 16.4 Å². The van der Waals surface area contributed by atoms with E-state index in [9.17, 15) is 18.4 Å². The molecule has 5 N–H and O–H groups in total. The first-order chi connectivity index (χ1) is 17.7. The second-order valence-corrected chi connectivity index (χ2v) is 9.86. The number of aromatic nitrogens is 2. The lowest BCUT2D eigenvalue weighted by Gasteiger charge is -2.17. The maximum Gasteiger partial charge on any atom is 0.288 e. The molecule has 1 atom stereocenters. The molecule has 12 heteroatoms. The summed E-state index contributed by atoms with van der Waals surface area (Å²) in [7, 11) is 0. The quantitative estimate of drug-likeness (QED) is 0.173. The van der Waals surface area contributed by atoms with Gasteiger partial charge in [-0.15, -0.1) is 0 Å². The number of benzene rings is 3. The van der Waals surface area contributed by atoms with Crippen molar-refractivity contribution in [2.45, 2.75) is 23.0 Å². The molecule has 7 nitrogen and oxygen atoms in total. The van der Waals surface area contributed by atoms with Crippen molar-refractivity contribution in [2.24, 2.45) is 5.73 Å². The van der Waals surface area contributed by atoms with Gasteiger partial charge in [-0.2, -0.15) is 13.9 Å². The molecule has 2 amide bonds. The fourth-order valence-corrected chi connectivity index (χ4v) is 4.62. The molecule has 1 aromatic heterocycles. The SMILES string of the molecule is NCCC(C(=O)Nc1ccc2[nH]nc(NC(=O)c3cccc(SC(F)F)c3)c2c1)c1ccc(Cl)c(Cl)c1. The highest BCUT2D eigenvalue weighted by atomic mass is 35.5. The maximum absolute atomic E-state index is 13.1. The largest absolute Gasteiger partial charge is 0.330 e. The summed E-state index contributed by atoms with van der Waals surface area (Å²) in [5.41, 5.74) is 7.73. The number of amides is 2. The second kappa shape index (κ2) is 11.9. The van der Waals surface area contributed by atoms with Crippen LogP contribution in [0.3, 0.4) is 0 Å². The maximum atomic E-state index is 13.1. The van der Waals surface area contributed by atoms with Gasteiger partial charge in [-0.25, -0.2) is 0 Å². The van der Waals surface area contributed by atoms with E-state index in [-0.39, 0.29) is 28.7 Å². The number of nitrogens with zero attached hydrogens (tertiary/aromatic N) is 1. The number of H-pyrrole nitrogens is 1. The van der Waals surface area contributed by atoms with E-state index in [4.69, 9.17) is 28.9 Å². The molecule has 0 aliphatic carbocycles. The van der Waals surface area contributed by atoms with Gasteiger partial charge in [0.25, 0.3) is 11.7 Å². The van der Waals surface area contributed by atoms with Crippen LogP contribution >= 0.6 is 35.0 Å². The van der Waals surface area contributed by atoms with Gasteiger partial charge >= 0.3 is 0 Å². The lowest BCUT2D eigenvalue weighted by atomic mass is 9.94. The number of carbonyl (C=O) groups is 2. The van der Waals surface area contributed by atoms with Gasteiger partial charge in [-0.1, -0.05) is 47.1 Å². The van der Waals surface area contributed by atoms with Gasteiger partial charge in [-0.05, 0) is 67.1 Å². The average Bonchev–Trinajstić information content (AvgIpc) is 3.26. The zero-order valence-corrected chi connectivity index (χ0v) is 21.4. The minimum Gasteiger partial charge on any atom is -0.330 e. The van der Waals surface area contributed by atoms with Crippen molar-refractivity contribution in [1.82, 2.24) is 10.2 Å². The number of anilines is 2. The van der Waals surface area contributed by atoms with Crippen LogP contribution in [-0.4, -0.2) is 34.3 Å². The van der Waals surface area contributed by atoms with Crippen molar-refractivity contribution in [3.8, 4) is 0 Å². The van der Waals surface area contributed by atoms with Crippen LogP contribution in [0.2, 0.25) is 10.0 Å². The molecule has 0 aliphatic rings. The molecule has 1 unspecified atom stereocenters. The van der Waals surface area contributed by atoms with Crippen molar-refractivity contribution >= 4 is 69.2 Å². The lowest BCUT2D eigenvalue weighted by molar-refractivity contribution is -0.117. The minimum absolute atomic E-state index is 0.206. The monoisotopic (exact) mass is 563 g/mol. The van der Waals surface area contributed by atoms with E-state index in [2.05, 4.69) is 20.8 Å². The van der Waals surface area contributed by atoms with Gasteiger partial charge in [0.15, 0.2) is 5.82 Å². The van der Waals surface area contributed by atoms with Crippen LogP contribution < -0.4 is 16.4 Å². The molecule has 3 aromatic carbocycles. The predicted molar refractivity (Wildman–Crippen MR) is 144 cm³/mol. The minimum atomic E-state index is -2.59. The molecule has 0 saturated carbocycles. The first kappa shape index (κ1) is 26.9. The molecular weight excluding hydrogens is 543 g/mol. The summed E-state index contributed by atoms with van der Waals surface area (Å²) in [5.74, 6) is -3.72. The summed E-state index contributed by atoms with van der Waals surface area (Å²) < 4.78 is 25.4. The standard InChI is InChI=1S/C25H21Cl2F2N5O2S/c26-19-6-4-13(11-20(19)27)17(8-9-30)24(36)31-15-5-7-21-18(12-15)22(34-33-21)32-23(35)14-2-1-3-16(10-14)37-25(28)29/h1-7,10-12,17,25H,8-9,30H2,(H,31,36)(H2,32,33,34,35). The average molecular weight is 564 g/mol. The van der Waals surface area contributed by atoms with Crippen molar-refractivity contribution < 1.29 is 18.4 Å². The van der Waals surface area contributed by atoms with Crippen LogP contribution in [0.15, 0.2) is 65.6 Å². The van der Waals surface area contributed by atoms with E-state index in [0.29, 0.717) is 50.4 Å². The van der Waals surface area contributed by atoms with Gasteiger partial charge in [0.05, 0.1) is 21.5 Å². The van der Waals surface area contributed by atoms with E-state index >= 15 is 0 Å². The van der Waals surface area contributed by atoms with Gasteiger partial charge in [-0.3, -0.25) is 14.7 Å². The van der Waals surface area contributed by atoms with E-state index in [1.165, 1.54) is 24.3 Å². The number of fused-ring (bicyclic) bond motifs is 1. The van der Waals surface area contributed by atoms with Gasteiger partial charge in [0, 0.05) is 21.5 Å². The fraction of sp³-hybridized carbons (Fsp3) is 0.160. The normalized spacial score (nSPS) is 12.1. The Bertz CT molecular complexity index is 1450. The van der Waals surface area contributed by atoms with E-state index in [0.717, 1.165) is 0 Å². The molecule has 1 heterocycles. The molecule has 4 rings (SSSR count). The second-order valence-electron chi connectivity index (χ2n) is 7.99. The number of nitrogens with one attached hydrogen (secondary N) is 3. The van der Waals surface area contributed by atoms with Crippen molar-refractivity contribution in [1.29, 1.82) is 0 Å². The van der Waals surface area contributed by atoms with Gasteiger partial charge in [0.1, 0.15) is 0 Å². The number of rotatable bonds is 9. The first-order valence-corrected chi connectivity index (χ1v) is 12.7. The molecule has 37 heavy (non-hydrogen) atoms. The molecule has 0 bridgehead atoms. The highest BCUT2D eigenvalue weighted by Crippen LogP contribution is 2.30. The number of halogens is 4. The van der Waals surface area contributed by atoms with Crippen molar-refractivity contribution in [3.63, 3.8) is 0 Å². The van der Waals surface area contributed by atoms with Crippen LogP contribution in [0, 0.1) is 0 Å². The molecule has 4 aromatic rings. The molecule has 192 valence electrons. The third kappa shape index (κ3) is 6.58. The van der Waals surface area contributed by atoms with Gasteiger partial charge in [0.2, 0.25) is 5.91 Å². The Morgan fingerprint density at radius 3 is 2.57 bits per heavy atom. The van der Waals surface area contributed by atoms with Crippen molar-refractivity contribution in [2.75, 3.05) is 17.2 Å². The van der Waals surface area contributed by atoms with Crippen LogP contribution in [0.4, 0.5) is 20.3 Å². The Labute approximate surface area is 225 Å². The van der Waals surface area contributed by atoms with E-state index in [1.54, 1.807) is 36.4 Å². The number of nitrogens with two attached hydrogens (primary N) is 1. The third-order valence-corrected chi connectivity index (χ3v) is 6.94. The highest BCUT2D eigenvalue weighted by molar-refractivity contribution is 7.99. The Hall–Kier alpha value is -3.18.